The first-order chi connectivity index (χ1) is 14.7. The highest BCUT2D eigenvalue weighted by molar-refractivity contribution is 6.00. The van der Waals surface area contributed by atoms with Crippen LogP contribution in [0.1, 0.15) is 31.3 Å². The maximum absolute atomic E-state index is 12.6. The number of carbonyl (C=O) groups excluding carboxylic acids is 2. The highest BCUT2D eigenvalue weighted by Gasteiger charge is 2.32. The predicted molar refractivity (Wildman–Crippen MR) is 114 cm³/mol. The molecule has 0 bridgehead atoms. The maximum Gasteiger partial charge on any atom is 0.324 e. The lowest BCUT2D eigenvalue weighted by molar-refractivity contribution is -0.606. The number of hydrogen-bond acceptors (Lipinski definition) is 6. The quantitative estimate of drug-likeness (QED) is 0.342. The van der Waals surface area contributed by atoms with Crippen LogP contribution in [0.3, 0.4) is 0 Å². The number of nitrogens with zero attached hydrogens (tertiary/aromatic N) is 1. The minimum atomic E-state index is -0.991. The van der Waals surface area contributed by atoms with Crippen LogP contribution in [0, 0.1) is 10.6 Å². The van der Waals surface area contributed by atoms with Gasteiger partial charge in [0.25, 0.3) is 0 Å². The number of nitrogens with one attached hydrogen (secondary N) is 1. The number of rotatable bonds is 7. The van der Waals surface area contributed by atoms with Crippen molar-refractivity contribution in [3.8, 4) is 17.2 Å². The van der Waals surface area contributed by atoms with Gasteiger partial charge in [0, 0.05) is 11.9 Å². The first-order valence-electron chi connectivity index (χ1n) is 9.80. The van der Waals surface area contributed by atoms with Crippen LogP contribution in [0.25, 0.3) is 10.8 Å². The van der Waals surface area contributed by atoms with E-state index >= 15 is 0 Å². The lowest BCUT2D eigenvalue weighted by Crippen LogP contribution is -2.44. The van der Waals surface area contributed by atoms with Crippen molar-refractivity contribution in [1.29, 1.82) is 0 Å². The molecule has 8 nitrogen and oxygen atoms in total. The Morgan fingerprint density at radius 2 is 1.84 bits per heavy atom. The summed E-state index contributed by atoms with van der Waals surface area (Å²) in [5.41, 5.74) is -1.45. The van der Waals surface area contributed by atoms with Crippen molar-refractivity contribution in [3.63, 3.8) is 0 Å². The van der Waals surface area contributed by atoms with Gasteiger partial charge in [0.1, 0.15) is 11.5 Å². The summed E-state index contributed by atoms with van der Waals surface area (Å²) in [4.78, 5) is 24.6. The Balaban J connectivity index is 1.84. The first kappa shape index (κ1) is 21.9. The molecule has 162 valence electrons. The van der Waals surface area contributed by atoms with E-state index in [0.717, 1.165) is 0 Å². The van der Waals surface area contributed by atoms with Crippen LogP contribution in [-0.4, -0.2) is 30.1 Å². The van der Waals surface area contributed by atoms with E-state index in [0.29, 0.717) is 27.0 Å². The molecule has 0 atom stereocenters. The summed E-state index contributed by atoms with van der Waals surface area (Å²) in [7, 11) is 0. The molecular formula is C23H24N2O6. The molecule has 0 unspecified atom stereocenters. The Bertz CT molecular complexity index is 1110. The number of benzene rings is 2. The van der Waals surface area contributed by atoms with Gasteiger partial charge in [-0.15, -0.1) is 0 Å². The Kier molecular flexibility index (Phi) is 6.29. The monoisotopic (exact) mass is 424 g/mol. The van der Waals surface area contributed by atoms with Crippen molar-refractivity contribution in [2.24, 2.45) is 5.41 Å². The summed E-state index contributed by atoms with van der Waals surface area (Å²) >= 11 is 0. The van der Waals surface area contributed by atoms with Gasteiger partial charge < -0.3 is 25.1 Å². The fraction of sp³-hybridized carbons (Fsp3) is 0.261. The van der Waals surface area contributed by atoms with Crippen LogP contribution >= 0.6 is 0 Å². The second kappa shape index (κ2) is 8.91. The Morgan fingerprint density at radius 3 is 2.52 bits per heavy atom. The number of aromatic hydroxyl groups is 1. The molecule has 1 heterocycles. The highest BCUT2D eigenvalue weighted by Crippen LogP contribution is 2.31. The van der Waals surface area contributed by atoms with Crippen molar-refractivity contribution in [2.45, 2.75) is 20.8 Å². The zero-order valence-corrected chi connectivity index (χ0v) is 17.5. The average molecular weight is 424 g/mol. The van der Waals surface area contributed by atoms with Crippen LogP contribution in [-0.2, 0) is 9.53 Å². The van der Waals surface area contributed by atoms with Crippen molar-refractivity contribution < 1.29 is 28.9 Å². The zero-order valence-electron chi connectivity index (χ0n) is 17.5. The van der Waals surface area contributed by atoms with E-state index in [1.165, 1.54) is 6.20 Å². The molecule has 0 saturated carbocycles. The third kappa shape index (κ3) is 4.85. The maximum atomic E-state index is 12.6. The first-order valence-corrected chi connectivity index (χ1v) is 9.80. The largest absolute Gasteiger partial charge is 0.618 e. The van der Waals surface area contributed by atoms with Gasteiger partial charge in [-0.2, -0.15) is 4.73 Å². The van der Waals surface area contributed by atoms with Crippen molar-refractivity contribution in [3.05, 3.63) is 65.6 Å². The summed E-state index contributed by atoms with van der Waals surface area (Å²) in [6, 6.07) is 13.9. The van der Waals surface area contributed by atoms with Gasteiger partial charge in [0.15, 0.2) is 6.20 Å². The van der Waals surface area contributed by atoms with E-state index in [9.17, 15) is 19.9 Å². The summed E-state index contributed by atoms with van der Waals surface area (Å²) in [6.45, 7) is 5.08. The molecule has 0 spiro atoms. The number of ether oxygens (including phenoxy) is 2. The highest BCUT2D eigenvalue weighted by atomic mass is 16.5. The number of pyridine rings is 1. The zero-order chi connectivity index (χ0) is 22.6. The van der Waals surface area contributed by atoms with Crippen LogP contribution in [0.5, 0.6) is 17.2 Å². The minimum absolute atomic E-state index is 0.0635. The van der Waals surface area contributed by atoms with Crippen LogP contribution in [0.4, 0.5) is 0 Å². The topological polar surface area (TPSA) is 112 Å². The van der Waals surface area contributed by atoms with Crippen molar-refractivity contribution in [2.75, 3.05) is 13.2 Å². The molecule has 1 aromatic heterocycles. The van der Waals surface area contributed by atoms with E-state index in [-0.39, 0.29) is 13.2 Å². The molecule has 8 heteroatoms. The summed E-state index contributed by atoms with van der Waals surface area (Å²) in [5.74, 6) is -0.617. The predicted octanol–water partition coefficient (Wildman–Crippen LogP) is 3.29. The molecule has 0 radical (unpaired) electrons. The second-order valence-electron chi connectivity index (χ2n) is 7.60. The molecule has 2 aromatic carbocycles. The fourth-order valence-corrected chi connectivity index (χ4v) is 2.97. The van der Waals surface area contributed by atoms with Gasteiger partial charge in [0.2, 0.25) is 5.75 Å². The summed E-state index contributed by atoms with van der Waals surface area (Å²) in [5, 5.41) is 26.3. The third-order valence-corrected chi connectivity index (χ3v) is 4.69. The van der Waals surface area contributed by atoms with Crippen molar-refractivity contribution >= 4 is 22.6 Å². The van der Waals surface area contributed by atoms with Gasteiger partial charge in [0.05, 0.1) is 17.4 Å². The van der Waals surface area contributed by atoms with E-state index in [1.807, 2.05) is 18.2 Å². The minimum Gasteiger partial charge on any atom is -0.618 e. The molecule has 0 aliphatic rings. The lowest BCUT2D eigenvalue weighted by atomic mass is 9.93. The number of para-hydroxylation sites is 1. The lowest BCUT2D eigenvalue weighted by Gasteiger charge is -2.22. The van der Waals surface area contributed by atoms with Gasteiger partial charge >= 0.3 is 17.6 Å². The Morgan fingerprint density at radius 1 is 1.13 bits per heavy atom. The van der Waals surface area contributed by atoms with E-state index in [4.69, 9.17) is 9.47 Å². The molecule has 1 amide bonds. The Hall–Kier alpha value is -3.81. The van der Waals surface area contributed by atoms with Crippen LogP contribution in [0.2, 0.25) is 0 Å². The number of hydrogen-bond donors (Lipinski definition) is 2. The Labute approximate surface area is 179 Å². The molecule has 3 aromatic rings. The fourth-order valence-electron chi connectivity index (χ4n) is 2.97. The number of fused-ring (bicyclic) bond motifs is 1. The second-order valence-corrected chi connectivity index (χ2v) is 7.60. The third-order valence-electron chi connectivity index (χ3n) is 4.69. The average Bonchev–Trinajstić information content (AvgIpc) is 2.73. The smallest absolute Gasteiger partial charge is 0.324 e. The molecule has 31 heavy (non-hydrogen) atoms. The van der Waals surface area contributed by atoms with Crippen LogP contribution in [0.15, 0.2) is 54.7 Å². The molecule has 0 fully saturated rings. The van der Waals surface area contributed by atoms with Gasteiger partial charge in [-0.25, -0.2) is 0 Å². The molecule has 0 saturated heterocycles. The van der Waals surface area contributed by atoms with Crippen LogP contribution < -0.4 is 14.8 Å². The van der Waals surface area contributed by atoms with Gasteiger partial charge in [-0.3, -0.25) is 9.59 Å². The number of esters is 1. The van der Waals surface area contributed by atoms with E-state index < -0.39 is 28.7 Å². The number of aromatic nitrogens is 1. The van der Waals surface area contributed by atoms with E-state index in [2.05, 4.69) is 5.32 Å². The SMILES string of the molecule is CCOC(=O)C(C)(C)CNC(=O)c1c(O)c2ccc(Oc3ccccc3)cc2c[n+]1[O-]. The summed E-state index contributed by atoms with van der Waals surface area (Å²) in [6.07, 6.45) is 1.19. The number of carbonyl (C=O) groups is 2. The normalized spacial score (nSPS) is 11.2. The molecule has 0 aliphatic heterocycles. The molecular weight excluding hydrogens is 400 g/mol. The molecule has 2 N–H and O–H groups in total. The van der Waals surface area contributed by atoms with E-state index in [1.54, 1.807) is 51.1 Å². The molecule has 3 rings (SSSR count). The van der Waals surface area contributed by atoms with Crippen molar-refractivity contribution in [1.82, 2.24) is 5.32 Å². The van der Waals surface area contributed by atoms with Gasteiger partial charge in [-0.05, 0) is 51.1 Å². The molecule has 0 aliphatic carbocycles. The van der Waals surface area contributed by atoms with Gasteiger partial charge in [-0.1, -0.05) is 18.2 Å². The standard InChI is InChI=1S/C23H24N2O6/c1-4-30-22(28)23(2,3)14-24-21(27)19-20(26)18-11-10-17(12-15(18)13-25(19)29)31-16-8-6-5-7-9-16/h5-13,26H,4,14H2,1-3H3,(H,24,27). The summed E-state index contributed by atoms with van der Waals surface area (Å²) < 4.78 is 11.0. The number of amides is 1.